The first-order valence-corrected chi connectivity index (χ1v) is 12.2. The highest BCUT2D eigenvalue weighted by atomic mass is 16.5. The van der Waals surface area contributed by atoms with Crippen molar-refractivity contribution in [2.24, 2.45) is 0 Å². The molecule has 3 heterocycles. The van der Waals surface area contributed by atoms with Crippen molar-refractivity contribution in [1.82, 2.24) is 15.0 Å². The number of carbonyl (C=O) groups is 1. The summed E-state index contributed by atoms with van der Waals surface area (Å²) in [6.07, 6.45) is 2.75. The Morgan fingerprint density at radius 1 is 1.24 bits per heavy atom. The van der Waals surface area contributed by atoms with Crippen LogP contribution in [0.3, 0.4) is 0 Å². The van der Waals surface area contributed by atoms with Gasteiger partial charge in [-0.3, -0.25) is 4.79 Å². The number of morpholine rings is 1. The van der Waals surface area contributed by atoms with Crippen molar-refractivity contribution < 1.29 is 19.4 Å². The number of aliphatic hydroxyl groups excluding tert-OH is 1. The fraction of sp³-hybridized carbons (Fsp3) is 0.214. The third kappa shape index (κ3) is 5.41. The Morgan fingerprint density at radius 2 is 2.11 bits per heavy atom. The topological polar surface area (TPSA) is 122 Å². The van der Waals surface area contributed by atoms with Crippen LogP contribution in [0.2, 0.25) is 0 Å². The molecule has 5 rings (SSSR count). The Hall–Kier alpha value is -4.54. The molecule has 2 aromatic carbocycles. The number of carbonyl (C=O) groups excluding carboxylic acids is 1. The molecule has 1 saturated heterocycles. The van der Waals surface area contributed by atoms with E-state index in [0.29, 0.717) is 42.9 Å². The molecule has 3 N–H and O–H groups in total. The highest BCUT2D eigenvalue weighted by Gasteiger charge is 2.22. The summed E-state index contributed by atoms with van der Waals surface area (Å²) < 4.78 is 11.1. The van der Waals surface area contributed by atoms with Crippen LogP contribution in [-0.4, -0.2) is 65.5 Å². The van der Waals surface area contributed by atoms with E-state index in [2.05, 4.69) is 32.1 Å². The number of rotatable bonds is 8. The first-order valence-electron chi connectivity index (χ1n) is 12.2. The highest BCUT2D eigenvalue weighted by molar-refractivity contribution is 6.00. The molecule has 4 aromatic rings. The van der Waals surface area contributed by atoms with Gasteiger partial charge in [-0.1, -0.05) is 36.9 Å². The maximum Gasteiger partial charge on any atom is 0.247 e. The molecular weight excluding hydrogens is 484 g/mol. The number of nitrogens with zero attached hydrogens (tertiary/aromatic N) is 4. The second-order valence-electron chi connectivity index (χ2n) is 8.68. The predicted molar refractivity (Wildman–Crippen MR) is 147 cm³/mol. The predicted octanol–water partition coefficient (Wildman–Crippen LogP) is 3.77. The number of anilines is 4. The molecule has 1 fully saturated rings. The van der Waals surface area contributed by atoms with Crippen LogP contribution in [0.5, 0.6) is 5.88 Å². The van der Waals surface area contributed by atoms with Crippen LogP contribution in [0.15, 0.2) is 73.4 Å². The number of hydrogen-bond donors (Lipinski definition) is 3. The number of aliphatic hydroxyl groups is 1. The third-order valence-corrected chi connectivity index (χ3v) is 6.19. The van der Waals surface area contributed by atoms with Gasteiger partial charge in [-0.05, 0) is 35.9 Å². The zero-order valence-electron chi connectivity index (χ0n) is 20.9. The molecule has 0 spiro atoms. The van der Waals surface area contributed by atoms with Gasteiger partial charge in [-0.25, -0.2) is 9.97 Å². The molecule has 1 amide bonds. The van der Waals surface area contributed by atoms with E-state index in [1.165, 1.54) is 6.08 Å². The quantitative estimate of drug-likeness (QED) is 0.303. The van der Waals surface area contributed by atoms with E-state index in [0.717, 1.165) is 27.8 Å². The van der Waals surface area contributed by atoms with Gasteiger partial charge in [0.25, 0.3) is 0 Å². The molecule has 10 heteroatoms. The van der Waals surface area contributed by atoms with Crippen molar-refractivity contribution >= 4 is 40.0 Å². The second-order valence-corrected chi connectivity index (χ2v) is 8.68. The summed E-state index contributed by atoms with van der Waals surface area (Å²) >= 11 is 0. The number of ether oxygens (including phenoxy) is 2. The number of amides is 1. The number of nitrogens with one attached hydrogen (secondary N) is 2. The number of benzene rings is 2. The van der Waals surface area contributed by atoms with Crippen molar-refractivity contribution in [2.75, 3.05) is 48.9 Å². The summed E-state index contributed by atoms with van der Waals surface area (Å²) in [5.74, 6) is 1.25. The van der Waals surface area contributed by atoms with Gasteiger partial charge >= 0.3 is 0 Å². The third-order valence-electron chi connectivity index (χ3n) is 6.19. The summed E-state index contributed by atoms with van der Waals surface area (Å²) in [5, 5.41) is 16.3. The second kappa shape index (κ2) is 11.2. The Kier molecular flexibility index (Phi) is 7.43. The fourth-order valence-corrected chi connectivity index (χ4v) is 4.32. The maximum atomic E-state index is 11.8. The van der Waals surface area contributed by atoms with Crippen molar-refractivity contribution in [3.63, 3.8) is 0 Å². The number of pyridine rings is 1. The van der Waals surface area contributed by atoms with Gasteiger partial charge in [0.1, 0.15) is 11.5 Å². The summed E-state index contributed by atoms with van der Waals surface area (Å²) in [4.78, 5) is 27.8. The van der Waals surface area contributed by atoms with Crippen LogP contribution in [0, 0.1) is 0 Å². The standard InChI is InChI=1S/C28H28N6O4/c1-3-25(36)30-20-8-4-6-18(14-20)22-9-5-7-19-15-29-28(33-26(19)22)31-23-10-11-24(32-27(23)37-2)34-12-13-38-21(16-34)17-35/h3-11,14-15,21,35H,1,12-13,16-17H2,2H3,(H,30,36)(H,29,31,33)/t21-/m1/s1. The Labute approximate surface area is 220 Å². The molecule has 10 nitrogen and oxygen atoms in total. The number of fused-ring (bicyclic) bond motifs is 1. The van der Waals surface area contributed by atoms with Crippen LogP contribution in [-0.2, 0) is 9.53 Å². The molecular formula is C28H28N6O4. The average Bonchev–Trinajstić information content (AvgIpc) is 2.97. The molecule has 1 atom stereocenters. The minimum Gasteiger partial charge on any atom is -0.479 e. The summed E-state index contributed by atoms with van der Waals surface area (Å²) in [5.41, 5.74) is 3.84. The van der Waals surface area contributed by atoms with Crippen molar-refractivity contribution in [2.45, 2.75) is 6.10 Å². The molecule has 0 bridgehead atoms. The summed E-state index contributed by atoms with van der Waals surface area (Å²) in [7, 11) is 1.56. The summed E-state index contributed by atoms with van der Waals surface area (Å²) in [6, 6.07) is 17.2. The van der Waals surface area contributed by atoms with Gasteiger partial charge < -0.3 is 30.1 Å². The van der Waals surface area contributed by atoms with Crippen molar-refractivity contribution in [3.05, 3.63) is 73.4 Å². The van der Waals surface area contributed by atoms with Gasteiger partial charge in [0.2, 0.25) is 17.7 Å². The Morgan fingerprint density at radius 3 is 2.92 bits per heavy atom. The number of hydrogen-bond acceptors (Lipinski definition) is 9. The van der Waals surface area contributed by atoms with Crippen LogP contribution in [0.1, 0.15) is 0 Å². The van der Waals surface area contributed by atoms with E-state index in [-0.39, 0.29) is 18.6 Å². The Balaban J connectivity index is 1.44. The monoisotopic (exact) mass is 512 g/mol. The zero-order chi connectivity index (χ0) is 26.5. The average molecular weight is 513 g/mol. The summed E-state index contributed by atoms with van der Waals surface area (Å²) in [6.45, 7) is 5.21. The lowest BCUT2D eigenvalue weighted by atomic mass is 10.0. The molecule has 0 radical (unpaired) electrons. The van der Waals surface area contributed by atoms with Gasteiger partial charge in [-0.15, -0.1) is 0 Å². The van der Waals surface area contributed by atoms with Crippen molar-refractivity contribution in [1.29, 1.82) is 0 Å². The Bertz CT molecular complexity index is 1480. The molecule has 2 aromatic heterocycles. The van der Waals surface area contributed by atoms with Crippen LogP contribution in [0.25, 0.3) is 22.0 Å². The highest BCUT2D eigenvalue weighted by Crippen LogP contribution is 2.32. The van der Waals surface area contributed by atoms with Gasteiger partial charge in [-0.2, -0.15) is 4.98 Å². The van der Waals surface area contributed by atoms with Gasteiger partial charge in [0, 0.05) is 35.9 Å². The molecule has 38 heavy (non-hydrogen) atoms. The van der Waals surface area contributed by atoms with Gasteiger partial charge in [0.05, 0.1) is 31.9 Å². The number of aromatic nitrogens is 3. The molecule has 0 aliphatic carbocycles. The maximum absolute atomic E-state index is 11.8. The van der Waals surface area contributed by atoms with Crippen molar-refractivity contribution in [3.8, 4) is 17.0 Å². The zero-order valence-corrected chi connectivity index (χ0v) is 20.9. The number of methoxy groups -OCH3 is 1. The lowest BCUT2D eigenvalue weighted by Gasteiger charge is -2.33. The van der Waals surface area contributed by atoms with E-state index in [4.69, 9.17) is 14.5 Å². The SMILES string of the molecule is C=CC(=O)Nc1cccc(-c2cccc3cnc(Nc4ccc(N5CCO[C@@H](CO)C5)nc4OC)nc23)c1. The molecule has 1 aliphatic rings. The normalized spacial score (nSPS) is 15.2. The first-order chi connectivity index (χ1) is 18.6. The van der Waals surface area contributed by atoms with Crippen LogP contribution < -0.4 is 20.3 Å². The fourth-order valence-electron chi connectivity index (χ4n) is 4.32. The lowest BCUT2D eigenvalue weighted by Crippen LogP contribution is -2.44. The van der Waals surface area contributed by atoms with Gasteiger partial charge in [0.15, 0.2) is 0 Å². The van der Waals surface area contributed by atoms with E-state index in [1.54, 1.807) is 13.3 Å². The van der Waals surface area contributed by atoms with E-state index in [9.17, 15) is 9.90 Å². The minimum absolute atomic E-state index is 0.0394. The molecule has 0 unspecified atom stereocenters. The smallest absolute Gasteiger partial charge is 0.247 e. The molecule has 194 valence electrons. The lowest BCUT2D eigenvalue weighted by molar-refractivity contribution is -0.111. The number of para-hydroxylation sites is 1. The van der Waals surface area contributed by atoms with Crippen LogP contribution in [0.4, 0.5) is 23.1 Å². The van der Waals surface area contributed by atoms with E-state index >= 15 is 0 Å². The van der Waals surface area contributed by atoms with E-state index < -0.39 is 0 Å². The van der Waals surface area contributed by atoms with Crippen LogP contribution >= 0.6 is 0 Å². The minimum atomic E-state index is -0.274. The molecule has 1 aliphatic heterocycles. The first kappa shape index (κ1) is 25.1. The molecule has 0 saturated carbocycles. The largest absolute Gasteiger partial charge is 0.479 e. The van der Waals surface area contributed by atoms with E-state index in [1.807, 2.05) is 54.6 Å².